The highest BCUT2D eigenvalue weighted by Crippen LogP contribution is 2.11. The standard InChI is InChI=1S/C8H10N4O/c1-9-12(4-3-5-13)8-6-10-11(2)7-8/h3-7H,1H2,2H3/b4-3-. The SMILES string of the molecule is C=NN(/C=C\C=O)c1cnn(C)c1. The number of allylic oxidation sites excluding steroid dienone is 1. The Kier molecular flexibility index (Phi) is 2.97. The maximum atomic E-state index is 10.1. The van der Waals surface area contributed by atoms with E-state index in [0.717, 1.165) is 5.69 Å². The molecule has 0 aromatic carbocycles. The third kappa shape index (κ3) is 2.26. The van der Waals surface area contributed by atoms with Gasteiger partial charge in [0.15, 0.2) is 0 Å². The van der Waals surface area contributed by atoms with Crippen molar-refractivity contribution >= 4 is 18.7 Å². The lowest BCUT2D eigenvalue weighted by atomic mass is 10.5. The van der Waals surface area contributed by atoms with E-state index in [0.29, 0.717) is 6.29 Å². The third-order valence-electron chi connectivity index (χ3n) is 1.41. The molecule has 1 heterocycles. The molecule has 0 aliphatic rings. The number of rotatable bonds is 4. The molecule has 0 bridgehead atoms. The molecule has 0 unspecified atom stereocenters. The van der Waals surface area contributed by atoms with Crippen LogP contribution < -0.4 is 5.01 Å². The smallest absolute Gasteiger partial charge is 0.144 e. The topological polar surface area (TPSA) is 50.5 Å². The van der Waals surface area contributed by atoms with Gasteiger partial charge in [0.25, 0.3) is 0 Å². The molecule has 5 nitrogen and oxygen atoms in total. The van der Waals surface area contributed by atoms with Gasteiger partial charge in [-0.3, -0.25) is 9.48 Å². The Hall–Kier alpha value is -1.91. The van der Waals surface area contributed by atoms with Crippen molar-refractivity contribution in [3.63, 3.8) is 0 Å². The number of nitrogens with zero attached hydrogens (tertiary/aromatic N) is 4. The second kappa shape index (κ2) is 4.20. The summed E-state index contributed by atoms with van der Waals surface area (Å²) in [7, 11) is 1.80. The fourth-order valence-electron chi connectivity index (χ4n) is 0.858. The molecule has 1 rings (SSSR count). The Morgan fingerprint density at radius 2 is 2.54 bits per heavy atom. The van der Waals surface area contributed by atoms with Crippen molar-refractivity contribution in [1.82, 2.24) is 9.78 Å². The van der Waals surface area contributed by atoms with Gasteiger partial charge in [-0.05, 0) is 6.08 Å². The van der Waals surface area contributed by atoms with Crippen molar-refractivity contribution in [3.05, 3.63) is 24.7 Å². The maximum Gasteiger partial charge on any atom is 0.144 e. The summed E-state index contributed by atoms with van der Waals surface area (Å²) < 4.78 is 1.64. The Morgan fingerprint density at radius 3 is 3.00 bits per heavy atom. The summed E-state index contributed by atoms with van der Waals surface area (Å²) in [6, 6.07) is 0. The molecule has 0 fully saturated rings. The molecular weight excluding hydrogens is 168 g/mol. The number of hydrogen-bond donors (Lipinski definition) is 0. The minimum absolute atomic E-state index is 0.675. The molecule has 68 valence electrons. The van der Waals surface area contributed by atoms with Crippen molar-refractivity contribution in [2.75, 3.05) is 5.01 Å². The lowest BCUT2D eigenvalue weighted by Crippen LogP contribution is -2.05. The quantitative estimate of drug-likeness (QED) is 0.293. The summed E-state index contributed by atoms with van der Waals surface area (Å²) in [5.74, 6) is 0. The summed E-state index contributed by atoms with van der Waals surface area (Å²) in [6.07, 6.45) is 6.92. The lowest BCUT2D eigenvalue weighted by molar-refractivity contribution is -0.104. The van der Waals surface area contributed by atoms with Crippen molar-refractivity contribution in [3.8, 4) is 0 Å². The third-order valence-corrected chi connectivity index (χ3v) is 1.41. The van der Waals surface area contributed by atoms with Gasteiger partial charge in [0.05, 0.1) is 12.4 Å². The van der Waals surface area contributed by atoms with Gasteiger partial charge in [0, 0.05) is 20.0 Å². The Bertz CT molecular complexity index is 329. The Morgan fingerprint density at radius 1 is 1.77 bits per heavy atom. The predicted octanol–water partition coefficient (Wildman–Crippen LogP) is 0.555. The van der Waals surface area contributed by atoms with Gasteiger partial charge in [0.1, 0.15) is 12.0 Å². The lowest BCUT2D eigenvalue weighted by Gasteiger charge is -2.08. The first-order chi connectivity index (χ1) is 6.27. The highest BCUT2D eigenvalue weighted by molar-refractivity contribution is 5.66. The minimum Gasteiger partial charge on any atom is -0.299 e. The molecule has 0 radical (unpaired) electrons. The van der Waals surface area contributed by atoms with E-state index in [1.54, 1.807) is 24.1 Å². The van der Waals surface area contributed by atoms with E-state index in [1.165, 1.54) is 17.3 Å². The normalized spacial score (nSPS) is 10.2. The molecule has 5 heteroatoms. The first-order valence-electron chi connectivity index (χ1n) is 3.64. The highest BCUT2D eigenvalue weighted by Gasteiger charge is 2.01. The van der Waals surface area contributed by atoms with Crippen LogP contribution in [0.3, 0.4) is 0 Å². The molecule has 0 spiro atoms. The van der Waals surface area contributed by atoms with Crippen molar-refractivity contribution in [2.24, 2.45) is 12.1 Å². The van der Waals surface area contributed by atoms with Gasteiger partial charge in [0.2, 0.25) is 0 Å². The van der Waals surface area contributed by atoms with Crippen LogP contribution in [0.2, 0.25) is 0 Å². The van der Waals surface area contributed by atoms with Crippen LogP contribution in [-0.4, -0.2) is 22.8 Å². The molecule has 0 saturated heterocycles. The van der Waals surface area contributed by atoms with Gasteiger partial charge in [-0.25, -0.2) is 5.01 Å². The van der Waals surface area contributed by atoms with Crippen molar-refractivity contribution < 1.29 is 4.79 Å². The maximum absolute atomic E-state index is 10.1. The average molecular weight is 178 g/mol. The van der Waals surface area contributed by atoms with Crippen molar-refractivity contribution in [1.29, 1.82) is 0 Å². The van der Waals surface area contributed by atoms with Gasteiger partial charge >= 0.3 is 0 Å². The van der Waals surface area contributed by atoms with Crippen LogP contribution in [0.25, 0.3) is 0 Å². The molecule has 13 heavy (non-hydrogen) atoms. The number of aromatic nitrogens is 2. The monoisotopic (exact) mass is 178 g/mol. The number of carbonyl (C=O) groups is 1. The van der Waals surface area contributed by atoms with Gasteiger partial charge in [-0.15, -0.1) is 0 Å². The van der Waals surface area contributed by atoms with Crippen LogP contribution in [-0.2, 0) is 11.8 Å². The summed E-state index contributed by atoms with van der Waals surface area (Å²) in [5.41, 5.74) is 0.760. The van der Waals surface area contributed by atoms with E-state index in [-0.39, 0.29) is 0 Å². The van der Waals surface area contributed by atoms with Crippen LogP contribution in [0.5, 0.6) is 0 Å². The number of hydrogen-bond acceptors (Lipinski definition) is 4. The fraction of sp³-hybridized carbons (Fsp3) is 0.125. The second-order valence-corrected chi connectivity index (χ2v) is 2.34. The molecule has 1 aromatic rings. The van der Waals surface area contributed by atoms with Crippen LogP contribution >= 0.6 is 0 Å². The minimum atomic E-state index is 0.675. The van der Waals surface area contributed by atoms with E-state index in [2.05, 4.69) is 16.9 Å². The largest absolute Gasteiger partial charge is 0.299 e. The molecule has 0 N–H and O–H groups in total. The average Bonchev–Trinajstić information content (AvgIpc) is 2.54. The fourth-order valence-corrected chi connectivity index (χ4v) is 0.858. The van der Waals surface area contributed by atoms with Gasteiger partial charge < -0.3 is 0 Å². The molecule has 0 saturated carbocycles. The van der Waals surface area contributed by atoms with E-state index in [1.807, 2.05) is 0 Å². The van der Waals surface area contributed by atoms with E-state index >= 15 is 0 Å². The summed E-state index contributed by atoms with van der Waals surface area (Å²) >= 11 is 0. The molecule has 0 aliphatic carbocycles. The number of aryl methyl sites for hydroxylation is 1. The first kappa shape index (κ1) is 9.18. The number of hydrazone groups is 1. The second-order valence-electron chi connectivity index (χ2n) is 2.34. The van der Waals surface area contributed by atoms with Crippen LogP contribution in [0.15, 0.2) is 29.8 Å². The van der Waals surface area contributed by atoms with Crippen LogP contribution in [0.4, 0.5) is 5.69 Å². The highest BCUT2D eigenvalue weighted by atomic mass is 16.1. The number of anilines is 1. The Balaban J connectivity index is 2.83. The van der Waals surface area contributed by atoms with Crippen LogP contribution in [0, 0.1) is 0 Å². The predicted molar refractivity (Wildman–Crippen MR) is 50.4 cm³/mol. The molecule has 0 aliphatic heterocycles. The molecular formula is C8H10N4O. The van der Waals surface area contributed by atoms with Gasteiger partial charge in [-0.1, -0.05) is 0 Å². The summed E-state index contributed by atoms with van der Waals surface area (Å²) in [5, 5.41) is 9.11. The molecule has 1 aromatic heterocycles. The number of aldehydes is 1. The zero-order valence-electron chi connectivity index (χ0n) is 7.29. The summed E-state index contributed by atoms with van der Waals surface area (Å²) in [6.45, 7) is 3.37. The summed E-state index contributed by atoms with van der Waals surface area (Å²) in [4.78, 5) is 10.1. The van der Waals surface area contributed by atoms with E-state index < -0.39 is 0 Å². The molecule has 0 amide bonds. The van der Waals surface area contributed by atoms with Gasteiger partial charge in [-0.2, -0.15) is 10.2 Å². The zero-order valence-corrected chi connectivity index (χ0v) is 7.29. The van der Waals surface area contributed by atoms with E-state index in [4.69, 9.17) is 0 Å². The molecule has 0 atom stereocenters. The number of carbonyl (C=O) groups excluding carboxylic acids is 1. The van der Waals surface area contributed by atoms with Crippen LogP contribution in [0.1, 0.15) is 0 Å². The Labute approximate surface area is 76.0 Å². The zero-order chi connectivity index (χ0) is 9.68. The van der Waals surface area contributed by atoms with E-state index in [9.17, 15) is 4.79 Å². The van der Waals surface area contributed by atoms with Crippen molar-refractivity contribution in [2.45, 2.75) is 0 Å². The first-order valence-corrected chi connectivity index (χ1v) is 3.64.